The Labute approximate surface area is 478 Å². The maximum absolute atomic E-state index is 13.8. The normalized spacial score (nSPS) is 20.6. The van der Waals surface area contributed by atoms with Gasteiger partial charge in [0, 0.05) is 62.6 Å². The minimum absolute atomic E-state index is 0.0370. The lowest BCUT2D eigenvalue weighted by molar-refractivity contribution is -0.123. The van der Waals surface area contributed by atoms with Crippen molar-refractivity contribution < 1.29 is 14.3 Å². The molecule has 4 unspecified atom stereocenters. The van der Waals surface area contributed by atoms with E-state index < -0.39 is 0 Å². The van der Waals surface area contributed by atoms with Gasteiger partial charge in [0.2, 0.25) is 0 Å². The van der Waals surface area contributed by atoms with Gasteiger partial charge in [0.05, 0.1) is 17.8 Å². The third kappa shape index (κ3) is 16.5. The largest absolute Gasteiger partial charge is 0.381 e. The van der Waals surface area contributed by atoms with Crippen LogP contribution >= 0.6 is 0 Å². The smallest absolute Gasteiger partial charge is 0.150 e. The lowest BCUT2D eigenvalue weighted by atomic mass is 9.76. The number of Topliss-reactive ketones (excluding diaryl/α,β-unsaturated/α-hetero) is 2. The van der Waals surface area contributed by atoms with Gasteiger partial charge < -0.3 is 4.74 Å². The van der Waals surface area contributed by atoms with Gasteiger partial charge in [0.15, 0.2) is 0 Å². The molecule has 5 heteroatoms. The molecule has 2 heterocycles. The van der Waals surface area contributed by atoms with E-state index in [1.807, 2.05) is 0 Å². The molecule has 1 fully saturated rings. The van der Waals surface area contributed by atoms with Gasteiger partial charge in [-0.2, -0.15) is 0 Å². The molecule has 0 N–H and O–H groups in total. The molecule has 5 nitrogen and oxygen atoms in total. The van der Waals surface area contributed by atoms with E-state index in [4.69, 9.17) is 9.73 Å². The summed E-state index contributed by atoms with van der Waals surface area (Å²) in [6.45, 7) is 28.8. The van der Waals surface area contributed by atoms with Gasteiger partial charge in [-0.1, -0.05) is 192 Å². The lowest BCUT2D eigenvalue weighted by Crippen LogP contribution is -2.42. The summed E-state index contributed by atoms with van der Waals surface area (Å²) >= 11 is 0. The van der Waals surface area contributed by atoms with Gasteiger partial charge in [-0.3, -0.25) is 19.5 Å². The van der Waals surface area contributed by atoms with Crippen molar-refractivity contribution in [1.29, 1.82) is 0 Å². The number of ether oxygens (including phenoxy) is 1. The van der Waals surface area contributed by atoms with Crippen molar-refractivity contribution >= 4 is 22.9 Å². The summed E-state index contributed by atoms with van der Waals surface area (Å²) in [6, 6.07) is 26.4. The number of carbonyl (C=O) groups excluding carboxylic acids is 2. The summed E-state index contributed by atoms with van der Waals surface area (Å²) in [5.41, 5.74) is 20.9. The maximum Gasteiger partial charge on any atom is 0.150 e. The molecule has 3 aromatic rings. The highest BCUT2D eigenvalue weighted by Gasteiger charge is 2.40. The first-order chi connectivity index (χ1) is 38.0. The number of hydrogen-bond acceptors (Lipinski definition) is 5. The first-order valence-corrected chi connectivity index (χ1v) is 31.0. The highest BCUT2D eigenvalue weighted by atomic mass is 16.5. The minimum atomic E-state index is -0.163. The van der Waals surface area contributed by atoms with Crippen molar-refractivity contribution in [2.75, 3.05) is 26.3 Å². The Balaban J connectivity index is 0.651. The fourth-order valence-corrected chi connectivity index (χ4v) is 13.3. The van der Waals surface area contributed by atoms with Crippen molar-refractivity contribution in [1.82, 2.24) is 4.90 Å². The van der Waals surface area contributed by atoms with E-state index in [0.717, 1.165) is 101 Å². The Morgan fingerprint density at radius 2 is 1.38 bits per heavy atom. The summed E-state index contributed by atoms with van der Waals surface area (Å²) in [7, 11) is 0. The molecule has 1 saturated heterocycles. The van der Waals surface area contributed by atoms with Crippen LogP contribution in [-0.4, -0.2) is 60.6 Å². The van der Waals surface area contributed by atoms with Crippen molar-refractivity contribution in [3.8, 4) is 0 Å². The van der Waals surface area contributed by atoms with Gasteiger partial charge in [-0.05, 0) is 173 Å². The van der Waals surface area contributed by atoms with Crippen LogP contribution in [0.3, 0.4) is 0 Å². The molecule has 0 radical (unpaired) electrons. The molecule has 5 aliphatic rings. The molecule has 3 aliphatic carbocycles. The number of carbonyl (C=O) groups is 2. The minimum Gasteiger partial charge on any atom is -0.381 e. The van der Waals surface area contributed by atoms with E-state index in [-0.39, 0.29) is 29.2 Å². The number of benzene rings is 3. The number of ketones is 2. The number of hydrogen-bond donors (Lipinski definition) is 0. The van der Waals surface area contributed by atoms with Crippen LogP contribution in [-0.2, 0) is 33.6 Å². The molecule has 2 aliphatic heterocycles. The molecule has 0 spiro atoms. The second-order valence-electron chi connectivity index (χ2n) is 26.0. The van der Waals surface area contributed by atoms with E-state index in [1.165, 1.54) is 124 Å². The average molecular weight is 1060 g/mol. The Morgan fingerprint density at radius 3 is 2.06 bits per heavy atom. The van der Waals surface area contributed by atoms with Crippen LogP contribution < -0.4 is 0 Å². The van der Waals surface area contributed by atoms with Gasteiger partial charge in [0.25, 0.3) is 0 Å². The molecule has 422 valence electrons. The molecule has 8 rings (SSSR count). The number of allylic oxidation sites excluding steroid dienone is 12. The topological polar surface area (TPSA) is 59.0 Å². The van der Waals surface area contributed by atoms with Gasteiger partial charge >= 0.3 is 0 Å². The van der Waals surface area contributed by atoms with E-state index in [2.05, 4.69) is 171 Å². The predicted molar refractivity (Wildman–Crippen MR) is 334 cm³/mol. The number of likely N-dealkylation sites (tertiary alicyclic amines) is 1. The number of rotatable bonds is 30. The zero-order valence-electron chi connectivity index (χ0n) is 50.4. The maximum atomic E-state index is 13.8. The Morgan fingerprint density at radius 1 is 0.747 bits per heavy atom. The molecule has 5 atom stereocenters. The predicted octanol–water partition coefficient (Wildman–Crippen LogP) is 18.0. The van der Waals surface area contributed by atoms with Gasteiger partial charge in [-0.15, -0.1) is 0 Å². The highest BCUT2D eigenvalue weighted by molar-refractivity contribution is 6.17. The average Bonchev–Trinajstić information content (AvgIpc) is 4.28. The summed E-state index contributed by atoms with van der Waals surface area (Å²) in [5, 5.41) is 0. The highest BCUT2D eigenvalue weighted by Crippen LogP contribution is 2.49. The number of aliphatic imine (C=N–C) groups is 1. The lowest BCUT2D eigenvalue weighted by Gasteiger charge is -2.36. The number of fused-ring (bicyclic) bond motifs is 2. The molecule has 0 saturated carbocycles. The Hall–Kier alpha value is -5.23. The fraction of sp³-hybridized carbons (Fsp3) is 0.527. The van der Waals surface area contributed by atoms with Crippen LogP contribution in [0.5, 0.6) is 0 Å². The molecule has 0 amide bonds. The molecule has 3 aromatic carbocycles. The van der Waals surface area contributed by atoms with E-state index >= 15 is 0 Å². The zero-order valence-corrected chi connectivity index (χ0v) is 50.4. The molecule has 0 aromatic heterocycles. The van der Waals surface area contributed by atoms with Crippen molar-refractivity contribution in [2.45, 2.75) is 203 Å². The summed E-state index contributed by atoms with van der Waals surface area (Å²) in [6.07, 6.45) is 29.7. The Bertz CT molecular complexity index is 2820. The Kier molecular flexibility index (Phi) is 21.6. The van der Waals surface area contributed by atoms with Crippen LogP contribution in [0, 0.1) is 30.1 Å². The molecular formula is C74H98N2O3. The summed E-state index contributed by atoms with van der Waals surface area (Å²) < 4.78 is 6.06. The van der Waals surface area contributed by atoms with Crippen LogP contribution in [0.25, 0.3) is 5.57 Å². The standard InChI is InChI=1S/C74H98N2O3/c1-51-26-36-62(37-27-51)73-72-57(7)56(6)46-67(72)71-55(5)28-40-66(71)68(75-73)48-64(77)47-60-31-29-58(30-32-60)24-18-14-12-11-13-15-19-42-79-43-20-16-17-22-52(2)44-63(74(8,9)10)50-76-49-53(3)45-69(76)70(78)41-35-59-33-38-61(39-34-59)65-25-21-23-54(65)4/h21,23,26-34,36-40,53,63,68-69,71H,2,11-20,22,24-25,35,41-50H2,1,3-10H3/t53?,63?,68?,69-,71?/m0/s1. The summed E-state index contributed by atoms with van der Waals surface area (Å²) in [5.74, 6) is 1.92. The fourth-order valence-electron chi connectivity index (χ4n) is 13.3. The second-order valence-corrected chi connectivity index (χ2v) is 26.0. The SMILES string of the molecule is C=C(CCCCCOCCCCCCCCCc1ccc(CC(=O)CC2N=C(c3ccc(C)cc3)C3=C(CC(C)=C3C)C3C(C)=CC=C23)cc1)CC(CN1CC(C)C[C@H]1C(=O)CCc1ccc(C2=C(C)C=CC2)cc1)C(C)(C)C. The summed E-state index contributed by atoms with van der Waals surface area (Å²) in [4.78, 5) is 35.7. The van der Waals surface area contributed by atoms with Crippen LogP contribution in [0.1, 0.15) is 198 Å². The first kappa shape index (κ1) is 59.9. The van der Waals surface area contributed by atoms with Crippen LogP contribution in [0.15, 0.2) is 153 Å². The van der Waals surface area contributed by atoms with E-state index in [9.17, 15) is 9.59 Å². The number of nitrogens with zero attached hydrogens (tertiary/aromatic N) is 2. The van der Waals surface area contributed by atoms with E-state index in [1.54, 1.807) is 0 Å². The molecule has 0 bridgehead atoms. The van der Waals surface area contributed by atoms with Crippen molar-refractivity contribution in [3.63, 3.8) is 0 Å². The molecular weight excluding hydrogens is 965 g/mol. The van der Waals surface area contributed by atoms with Crippen molar-refractivity contribution in [3.05, 3.63) is 182 Å². The van der Waals surface area contributed by atoms with Crippen molar-refractivity contribution in [2.24, 2.45) is 28.2 Å². The number of aryl methyl sites for hydroxylation is 3. The van der Waals surface area contributed by atoms with Crippen LogP contribution in [0.4, 0.5) is 0 Å². The first-order valence-electron chi connectivity index (χ1n) is 31.0. The monoisotopic (exact) mass is 1060 g/mol. The van der Waals surface area contributed by atoms with Crippen LogP contribution in [0.2, 0.25) is 0 Å². The third-order valence-electron chi connectivity index (χ3n) is 18.4. The quantitative estimate of drug-likeness (QED) is 0.0493. The molecule has 79 heavy (non-hydrogen) atoms. The second kappa shape index (κ2) is 28.5. The van der Waals surface area contributed by atoms with Gasteiger partial charge in [-0.25, -0.2) is 0 Å². The van der Waals surface area contributed by atoms with Gasteiger partial charge in [0.1, 0.15) is 11.6 Å². The number of unbranched alkanes of at least 4 members (excludes halogenated alkanes) is 8. The third-order valence-corrected chi connectivity index (χ3v) is 18.4. The zero-order chi connectivity index (χ0) is 56.1. The van der Waals surface area contributed by atoms with E-state index in [0.29, 0.717) is 36.9 Å².